The lowest BCUT2D eigenvalue weighted by Gasteiger charge is -2.13. The van der Waals surface area contributed by atoms with Gasteiger partial charge in [-0.05, 0) is 50.3 Å². The van der Waals surface area contributed by atoms with Crippen LogP contribution in [-0.4, -0.2) is 23.8 Å². The maximum atomic E-state index is 5.84. The molecule has 0 saturated heterocycles. The van der Waals surface area contributed by atoms with Crippen molar-refractivity contribution in [1.29, 1.82) is 0 Å². The average molecular weight is 286 g/mol. The second-order valence-corrected chi connectivity index (χ2v) is 6.13. The third-order valence-electron chi connectivity index (χ3n) is 4.38. The number of ether oxygens (including phenoxy) is 1. The van der Waals surface area contributed by atoms with Crippen LogP contribution in [0.5, 0.6) is 5.75 Å². The lowest BCUT2D eigenvalue weighted by molar-refractivity contribution is 0.321. The van der Waals surface area contributed by atoms with Crippen molar-refractivity contribution >= 4 is 10.9 Å². The summed E-state index contributed by atoms with van der Waals surface area (Å²) in [6.07, 6.45) is 6.02. The van der Waals surface area contributed by atoms with Gasteiger partial charge in [-0.15, -0.1) is 0 Å². The third-order valence-corrected chi connectivity index (χ3v) is 4.38. The fourth-order valence-corrected chi connectivity index (χ4v) is 2.90. The smallest absolute Gasteiger partial charge is 0.128 e. The first-order valence-electron chi connectivity index (χ1n) is 8.23. The molecule has 2 aromatic rings. The van der Waals surface area contributed by atoms with Crippen molar-refractivity contribution in [1.82, 2.24) is 9.88 Å². The topological polar surface area (TPSA) is 26.2 Å². The standard InChI is InChI=1S/C18H26N2O/c1-3-13-21-18-6-4-5-17-16(18)9-11-20(17)12-10-19-14(2)15-7-8-15/h4-6,9,11,14-15,19H,3,7-8,10,12-13H2,1-2H3. The van der Waals surface area contributed by atoms with Gasteiger partial charge in [0, 0.05) is 30.7 Å². The number of rotatable bonds is 8. The van der Waals surface area contributed by atoms with Crippen LogP contribution in [0, 0.1) is 5.92 Å². The number of hydrogen-bond donors (Lipinski definition) is 1. The quantitative estimate of drug-likeness (QED) is 0.798. The van der Waals surface area contributed by atoms with Crippen LogP contribution < -0.4 is 10.1 Å². The molecule has 21 heavy (non-hydrogen) atoms. The molecule has 3 rings (SSSR count). The van der Waals surface area contributed by atoms with Gasteiger partial charge in [-0.3, -0.25) is 0 Å². The number of hydrogen-bond acceptors (Lipinski definition) is 2. The monoisotopic (exact) mass is 286 g/mol. The van der Waals surface area contributed by atoms with Crippen molar-refractivity contribution in [3.05, 3.63) is 30.5 Å². The van der Waals surface area contributed by atoms with Crippen LogP contribution in [0.1, 0.15) is 33.1 Å². The van der Waals surface area contributed by atoms with Gasteiger partial charge in [0.1, 0.15) is 5.75 Å². The highest BCUT2D eigenvalue weighted by Gasteiger charge is 2.27. The van der Waals surface area contributed by atoms with E-state index in [9.17, 15) is 0 Å². The van der Waals surface area contributed by atoms with Crippen LogP contribution in [0.3, 0.4) is 0 Å². The van der Waals surface area contributed by atoms with Crippen LogP contribution in [0.4, 0.5) is 0 Å². The Hall–Kier alpha value is -1.48. The Kier molecular flexibility index (Phi) is 4.49. The van der Waals surface area contributed by atoms with Crippen LogP contribution in [0.2, 0.25) is 0 Å². The molecule has 3 nitrogen and oxygen atoms in total. The second-order valence-electron chi connectivity index (χ2n) is 6.13. The molecule has 1 unspecified atom stereocenters. The number of fused-ring (bicyclic) bond motifs is 1. The number of aromatic nitrogens is 1. The van der Waals surface area contributed by atoms with E-state index in [1.54, 1.807) is 0 Å². The summed E-state index contributed by atoms with van der Waals surface area (Å²) < 4.78 is 8.16. The van der Waals surface area contributed by atoms with E-state index < -0.39 is 0 Å². The van der Waals surface area contributed by atoms with Gasteiger partial charge in [-0.2, -0.15) is 0 Å². The first-order valence-corrected chi connectivity index (χ1v) is 8.23. The van der Waals surface area contributed by atoms with E-state index in [1.807, 2.05) is 0 Å². The van der Waals surface area contributed by atoms with Gasteiger partial charge in [0.15, 0.2) is 0 Å². The van der Waals surface area contributed by atoms with E-state index in [2.05, 4.69) is 54.2 Å². The van der Waals surface area contributed by atoms with E-state index >= 15 is 0 Å². The van der Waals surface area contributed by atoms with Gasteiger partial charge in [-0.25, -0.2) is 0 Å². The summed E-state index contributed by atoms with van der Waals surface area (Å²) in [7, 11) is 0. The molecule has 0 bridgehead atoms. The van der Waals surface area contributed by atoms with Crippen LogP contribution in [0.25, 0.3) is 10.9 Å². The van der Waals surface area contributed by atoms with Crippen molar-refractivity contribution in [2.45, 2.75) is 45.7 Å². The first kappa shape index (κ1) is 14.5. The Bertz CT molecular complexity index is 586. The van der Waals surface area contributed by atoms with Gasteiger partial charge in [0.2, 0.25) is 0 Å². The van der Waals surface area contributed by atoms with Crippen molar-refractivity contribution < 1.29 is 4.74 Å². The summed E-state index contributed by atoms with van der Waals surface area (Å²) >= 11 is 0. The molecule has 114 valence electrons. The Morgan fingerprint density at radius 2 is 2.19 bits per heavy atom. The van der Waals surface area contributed by atoms with E-state index in [0.29, 0.717) is 6.04 Å². The summed E-state index contributed by atoms with van der Waals surface area (Å²) in [5, 5.41) is 4.87. The molecule has 1 aliphatic rings. The van der Waals surface area contributed by atoms with Gasteiger partial charge < -0.3 is 14.6 Å². The maximum absolute atomic E-state index is 5.84. The molecule has 1 N–H and O–H groups in total. The number of nitrogens with one attached hydrogen (secondary N) is 1. The predicted octanol–water partition coefficient (Wildman–Crippen LogP) is 3.82. The molecule has 0 aliphatic heterocycles. The van der Waals surface area contributed by atoms with Crippen LogP contribution in [-0.2, 0) is 6.54 Å². The Morgan fingerprint density at radius 1 is 1.33 bits per heavy atom. The van der Waals surface area contributed by atoms with E-state index in [0.717, 1.165) is 37.8 Å². The summed E-state index contributed by atoms with van der Waals surface area (Å²) in [6.45, 7) is 7.27. The zero-order chi connectivity index (χ0) is 14.7. The lowest BCUT2D eigenvalue weighted by Crippen LogP contribution is -2.30. The largest absolute Gasteiger partial charge is 0.493 e. The van der Waals surface area contributed by atoms with E-state index in [-0.39, 0.29) is 0 Å². The SMILES string of the molecule is CCCOc1cccc2c1ccn2CCNC(C)C1CC1. The van der Waals surface area contributed by atoms with Crippen molar-refractivity contribution in [3.63, 3.8) is 0 Å². The molecule has 1 atom stereocenters. The second kappa shape index (κ2) is 6.52. The highest BCUT2D eigenvalue weighted by Crippen LogP contribution is 2.32. The molecule has 1 fully saturated rings. The highest BCUT2D eigenvalue weighted by molar-refractivity contribution is 5.86. The first-order chi connectivity index (χ1) is 10.3. The number of nitrogens with zero attached hydrogens (tertiary/aromatic N) is 1. The Balaban J connectivity index is 1.65. The van der Waals surface area contributed by atoms with Gasteiger partial charge in [0.05, 0.1) is 12.1 Å². The predicted molar refractivity (Wildman–Crippen MR) is 87.9 cm³/mol. The molecule has 1 heterocycles. The summed E-state index contributed by atoms with van der Waals surface area (Å²) in [4.78, 5) is 0. The summed E-state index contributed by atoms with van der Waals surface area (Å²) in [5.41, 5.74) is 1.27. The van der Waals surface area contributed by atoms with Gasteiger partial charge in [0.25, 0.3) is 0 Å². The molecule has 3 heteroatoms. The molecule has 0 spiro atoms. The molecular formula is C18H26N2O. The minimum atomic E-state index is 0.662. The van der Waals surface area contributed by atoms with Crippen molar-refractivity contribution in [3.8, 4) is 5.75 Å². The fraction of sp³-hybridized carbons (Fsp3) is 0.556. The van der Waals surface area contributed by atoms with Crippen molar-refractivity contribution in [2.24, 2.45) is 5.92 Å². The zero-order valence-corrected chi connectivity index (χ0v) is 13.1. The van der Waals surface area contributed by atoms with Gasteiger partial charge in [-0.1, -0.05) is 13.0 Å². The van der Waals surface area contributed by atoms with Crippen molar-refractivity contribution in [2.75, 3.05) is 13.2 Å². The molecular weight excluding hydrogens is 260 g/mol. The fourth-order valence-electron chi connectivity index (χ4n) is 2.90. The Morgan fingerprint density at radius 3 is 2.95 bits per heavy atom. The molecule has 1 aromatic carbocycles. The molecule has 0 amide bonds. The minimum absolute atomic E-state index is 0.662. The highest BCUT2D eigenvalue weighted by atomic mass is 16.5. The number of benzene rings is 1. The average Bonchev–Trinajstić information content (AvgIpc) is 3.27. The maximum Gasteiger partial charge on any atom is 0.128 e. The zero-order valence-electron chi connectivity index (χ0n) is 13.1. The molecule has 1 saturated carbocycles. The third kappa shape index (κ3) is 3.41. The summed E-state index contributed by atoms with van der Waals surface area (Å²) in [6, 6.07) is 9.17. The lowest BCUT2D eigenvalue weighted by atomic mass is 10.2. The van der Waals surface area contributed by atoms with Crippen LogP contribution >= 0.6 is 0 Å². The molecule has 1 aromatic heterocycles. The summed E-state index contributed by atoms with van der Waals surface area (Å²) in [5.74, 6) is 1.92. The molecule has 1 aliphatic carbocycles. The minimum Gasteiger partial charge on any atom is -0.493 e. The van der Waals surface area contributed by atoms with E-state index in [4.69, 9.17) is 4.74 Å². The van der Waals surface area contributed by atoms with E-state index in [1.165, 1.54) is 23.7 Å². The normalized spacial score (nSPS) is 16.3. The van der Waals surface area contributed by atoms with Gasteiger partial charge >= 0.3 is 0 Å². The van der Waals surface area contributed by atoms with Crippen LogP contribution in [0.15, 0.2) is 30.5 Å². The Labute approximate surface area is 127 Å². The molecule has 0 radical (unpaired) electrons.